The molecule has 0 aliphatic heterocycles. The molecule has 0 aromatic rings. The summed E-state index contributed by atoms with van der Waals surface area (Å²) in [7, 11) is 2.49. The van der Waals surface area contributed by atoms with Gasteiger partial charge in [0.15, 0.2) is 5.92 Å². The van der Waals surface area contributed by atoms with Crippen LogP contribution in [-0.2, 0) is 23.9 Å². The number of esters is 2. The maximum atomic E-state index is 11.6. The first-order chi connectivity index (χ1) is 9.97. The van der Waals surface area contributed by atoms with E-state index in [2.05, 4.69) is 9.47 Å². The molecule has 0 heterocycles. The summed E-state index contributed by atoms with van der Waals surface area (Å²) in [6.45, 7) is 0. The van der Waals surface area contributed by atoms with E-state index in [4.69, 9.17) is 5.11 Å². The molecule has 0 saturated carbocycles. The van der Waals surface area contributed by atoms with Crippen LogP contribution < -0.4 is 0 Å². The smallest absolute Gasteiger partial charge is 0.320 e. The van der Waals surface area contributed by atoms with Crippen molar-refractivity contribution < 1.29 is 29.0 Å². The van der Waals surface area contributed by atoms with Gasteiger partial charge in [-0.05, 0) is 37.5 Å². The van der Waals surface area contributed by atoms with Crippen LogP contribution in [0.4, 0.5) is 0 Å². The number of hydrogen-bond acceptors (Lipinski definition) is 5. The van der Waals surface area contributed by atoms with Crippen LogP contribution in [0.5, 0.6) is 0 Å². The second kappa shape index (κ2) is 8.44. The molecule has 1 rings (SSSR count). The lowest BCUT2D eigenvalue weighted by Crippen LogP contribution is -2.27. The van der Waals surface area contributed by atoms with Gasteiger partial charge < -0.3 is 14.6 Å². The fraction of sp³-hybridized carbons (Fsp3) is 0.667. The van der Waals surface area contributed by atoms with Crippen molar-refractivity contribution in [2.24, 2.45) is 17.8 Å². The molecule has 1 N–H and O–H groups in total. The van der Waals surface area contributed by atoms with Crippen molar-refractivity contribution >= 4 is 17.9 Å². The van der Waals surface area contributed by atoms with Crippen molar-refractivity contribution in [3.8, 4) is 0 Å². The molecule has 0 unspecified atom stereocenters. The summed E-state index contributed by atoms with van der Waals surface area (Å²) in [6, 6.07) is 0. The molecule has 1 aliphatic carbocycles. The Morgan fingerprint density at radius 3 is 2.05 bits per heavy atom. The Bertz CT molecular complexity index is 398. The van der Waals surface area contributed by atoms with E-state index < -0.39 is 23.8 Å². The Balaban J connectivity index is 2.48. The molecule has 0 aromatic heterocycles. The van der Waals surface area contributed by atoms with Gasteiger partial charge in [0.1, 0.15) is 0 Å². The summed E-state index contributed by atoms with van der Waals surface area (Å²) >= 11 is 0. The number of methoxy groups -OCH3 is 2. The molecule has 6 heteroatoms. The molecule has 1 aliphatic rings. The quantitative estimate of drug-likeness (QED) is 0.438. The van der Waals surface area contributed by atoms with Gasteiger partial charge in [-0.1, -0.05) is 12.2 Å². The van der Waals surface area contributed by atoms with E-state index in [1.54, 1.807) is 0 Å². The SMILES string of the molecule is COC(=O)C(CC[C@@H]1C=C[C@@H](CC(=O)O)CC1)C(=O)OC. The predicted octanol–water partition coefficient (Wildman–Crippen LogP) is 1.79. The number of carbonyl (C=O) groups is 3. The number of carbonyl (C=O) groups excluding carboxylic acids is 2. The highest BCUT2D eigenvalue weighted by Crippen LogP contribution is 2.29. The monoisotopic (exact) mass is 298 g/mol. The predicted molar refractivity (Wildman–Crippen MR) is 74.4 cm³/mol. The van der Waals surface area contributed by atoms with E-state index in [0.717, 1.165) is 12.8 Å². The fourth-order valence-corrected chi connectivity index (χ4v) is 2.57. The van der Waals surface area contributed by atoms with E-state index in [1.165, 1.54) is 14.2 Å². The average molecular weight is 298 g/mol. The maximum Gasteiger partial charge on any atom is 0.320 e. The van der Waals surface area contributed by atoms with Crippen LogP contribution in [0.25, 0.3) is 0 Å². The molecule has 6 nitrogen and oxygen atoms in total. The highest BCUT2D eigenvalue weighted by atomic mass is 16.5. The Kier molecular flexibility index (Phi) is 6.91. The Hall–Kier alpha value is -1.85. The zero-order valence-corrected chi connectivity index (χ0v) is 12.4. The summed E-state index contributed by atoms with van der Waals surface area (Å²) in [5.41, 5.74) is 0. The minimum absolute atomic E-state index is 0.0794. The van der Waals surface area contributed by atoms with E-state index >= 15 is 0 Å². The average Bonchev–Trinajstić information content (AvgIpc) is 2.47. The van der Waals surface area contributed by atoms with Crippen LogP contribution in [0.15, 0.2) is 12.2 Å². The van der Waals surface area contributed by atoms with E-state index in [9.17, 15) is 14.4 Å². The minimum atomic E-state index is -0.884. The molecule has 0 amide bonds. The first-order valence-corrected chi connectivity index (χ1v) is 7.03. The summed E-state index contributed by atoms with van der Waals surface area (Å²) in [5.74, 6) is -2.50. The van der Waals surface area contributed by atoms with Gasteiger partial charge in [-0.2, -0.15) is 0 Å². The second-order valence-electron chi connectivity index (χ2n) is 5.26. The van der Waals surface area contributed by atoms with Crippen LogP contribution in [0, 0.1) is 17.8 Å². The standard InChI is InChI=1S/C15H22O6/c1-20-14(18)12(15(19)21-2)8-7-10-3-5-11(6-4-10)9-13(16)17/h3,5,10-12H,4,6-9H2,1-2H3,(H,16,17)/t10-,11-/m1/s1. The molecule has 0 radical (unpaired) electrons. The third-order valence-electron chi connectivity index (χ3n) is 3.80. The van der Waals surface area contributed by atoms with Crippen molar-refractivity contribution in [2.75, 3.05) is 14.2 Å². The Labute approximate surface area is 124 Å². The number of aliphatic carboxylic acids is 1. The van der Waals surface area contributed by atoms with Gasteiger partial charge in [0, 0.05) is 0 Å². The molecule has 0 fully saturated rings. The molecular formula is C15H22O6. The van der Waals surface area contributed by atoms with E-state index in [0.29, 0.717) is 12.8 Å². The highest BCUT2D eigenvalue weighted by molar-refractivity contribution is 5.94. The normalized spacial score (nSPS) is 21.1. The van der Waals surface area contributed by atoms with Gasteiger partial charge in [-0.25, -0.2) is 0 Å². The first kappa shape index (κ1) is 17.2. The topological polar surface area (TPSA) is 89.9 Å². The molecule has 21 heavy (non-hydrogen) atoms. The number of carboxylic acid groups (broad SMARTS) is 1. The summed E-state index contributed by atoms with van der Waals surface area (Å²) in [5, 5.41) is 8.75. The van der Waals surface area contributed by atoms with E-state index in [1.807, 2.05) is 12.2 Å². The van der Waals surface area contributed by atoms with Crippen molar-refractivity contribution in [1.29, 1.82) is 0 Å². The molecule has 118 valence electrons. The van der Waals surface area contributed by atoms with Gasteiger partial charge in [0.05, 0.1) is 20.6 Å². The van der Waals surface area contributed by atoms with Gasteiger partial charge in [-0.15, -0.1) is 0 Å². The number of allylic oxidation sites excluding steroid dienone is 2. The van der Waals surface area contributed by atoms with Crippen molar-refractivity contribution in [2.45, 2.75) is 32.1 Å². The number of carboxylic acids is 1. The third kappa shape index (κ3) is 5.57. The van der Waals surface area contributed by atoms with Crippen LogP contribution in [0.1, 0.15) is 32.1 Å². The first-order valence-electron chi connectivity index (χ1n) is 7.03. The number of ether oxygens (including phenoxy) is 2. The van der Waals surface area contributed by atoms with Crippen molar-refractivity contribution in [1.82, 2.24) is 0 Å². The third-order valence-corrected chi connectivity index (χ3v) is 3.80. The van der Waals surface area contributed by atoms with Crippen molar-refractivity contribution in [3.63, 3.8) is 0 Å². The van der Waals surface area contributed by atoms with Gasteiger partial charge in [0.2, 0.25) is 0 Å². The Morgan fingerprint density at radius 2 is 1.62 bits per heavy atom. The lowest BCUT2D eigenvalue weighted by molar-refractivity contribution is -0.159. The lowest BCUT2D eigenvalue weighted by atomic mass is 9.83. The van der Waals surface area contributed by atoms with Gasteiger partial charge >= 0.3 is 17.9 Å². The lowest BCUT2D eigenvalue weighted by Gasteiger charge is -2.22. The minimum Gasteiger partial charge on any atom is -0.481 e. The van der Waals surface area contributed by atoms with Gasteiger partial charge in [0.25, 0.3) is 0 Å². The van der Waals surface area contributed by atoms with Crippen LogP contribution in [-0.4, -0.2) is 37.2 Å². The van der Waals surface area contributed by atoms with Gasteiger partial charge in [-0.3, -0.25) is 14.4 Å². The molecule has 0 aromatic carbocycles. The molecule has 0 saturated heterocycles. The summed E-state index contributed by atoms with van der Waals surface area (Å²) < 4.78 is 9.23. The number of hydrogen-bond donors (Lipinski definition) is 1. The summed E-state index contributed by atoms with van der Waals surface area (Å²) in [6.07, 6.45) is 6.79. The van der Waals surface area contributed by atoms with Crippen molar-refractivity contribution in [3.05, 3.63) is 12.2 Å². The molecule has 0 bridgehead atoms. The molecular weight excluding hydrogens is 276 g/mol. The zero-order chi connectivity index (χ0) is 15.8. The number of rotatable bonds is 7. The van der Waals surface area contributed by atoms with Crippen LogP contribution >= 0.6 is 0 Å². The maximum absolute atomic E-state index is 11.6. The van der Waals surface area contributed by atoms with E-state index in [-0.39, 0.29) is 18.3 Å². The molecule has 2 atom stereocenters. The Morgan fingerprint density at radius 1 is 1.10 bits per heavy atom. The summed E-state index contributed by atoms with van der Waals surface area (Å²) in [4.78, 5) is 33.7. The second-order valence-corrected chi connectivity index (χ2v) is 5.26. The van der Waals surface area contributed by atoms with Crippen LogP contribution in [0.2, 0.25) is 0 Å². The molecule has 0 spiro atoms. The largest absolute Gasteiger partial charge is 0.481 e. The fourth-order valence-electron chi connectivity index (χ4n) is 2.57. The zero-order valence-electron chi connectivity index (χ0n) is 12.4. The van der Waals surface area contributed by atoms with Crippen LogP contribution in [0.3, 0.4) is 0 Å². The highest BCUT2D eigenvalue weighted by Gasteiger charge is 2.29.